The molecule has 0 aliphatic heterocycles. The fraction of sp³-hybridized carbons (Fsp3) is 0.0909. The third-order valence-electron chi connectivity index (χ3n) is 1.98. The van der Waals surface area contributed by atoms with Gasteiger partial charge in [0.15, 0.2) is 0 Å². The maximum atomic E-state index is 6.15. The van der Waals surface area contributed by atoms with E-state index in [2.05, 4.69) is 16.2 Å². The van der Waals surface area contributed by atoms with Gasteiger partial charge in [-0.05, 0) is 29.7 Å². The van der Waals surface area contributed by atoms with Gasteiger partial charge in [-0.15, -0.1) is 23.4 Å². The summed E-state index contributed by atoms with van der Waals surface area (Å²) in [6.45, 7) is 3.69. The van der Waals surface area contributed by atoms with Crippen molar-refractivity contribution in [2.75, 3.05) is 5.75 Å². The summed E-state index contributed by atoms with van der Waals surface area (Å²) in [6, 6.07) is 5.36. The monoisotopic (exact) mass is 302 g/mol. The van der Waals surface area contributed by atoms with Gasteiger partial charge in [0, 0.05) is 16.3 Å². The third-order valence-corrected chi connectivity index (χ3v) is 4.48. The van der Waals surface area contributed by atoms with Crippen molar-refractivity contribution < 1.29 is 0 Å². The molecule has 0 bridgehead atoms. The van der Waals surface area contributed by atoms with Crippen molar-refractivity contribution in [3.8, 4) is 11.3 Å². The quantitative estimate of drug-likeness (QED) is 0.600. The first kappa shape index (κ1) is 12.9. The van der Waals surface area contributed by atoms with E-state index in [9.17, 15) is 0 Å². The van der Waals surface area contributed by atoms with Crippen LogP contribution in [-0.2, 0) is 0 Å². The Morgan fingerprint density at radius 2 is 2.24 bits per heavy atom. The molecule has 1 aromatic heterocycles. The van der Waals surface area contributed by atoms with Gasteiger partial charge in [-0.1, -0.05) is 33.8 Å². The van der Waals surface area contributed by atoms with Gasteiger partial charge in [0.25, 0.3) is 0 Å². The number of thioether (sulfide) groups is 1. The van der Waals surface area contributed by atoms with E-state index >= 15 is 0 Å². The van der Waals surface area contributed by atoms with Gasteiger partial charge in [0.2, 0.25) is 0 Å². The minimum absolute atomic E-state index is 0.589. The van der Waals surface area contributed by atoms with Crippen LogP contribution in [0.3, 0.4) is 0 Å². The number of halogens is 2. The highest BCUT2D eigenvalue weighted by Crippen LogP contribution is 2.37. The van der Waals surface area contributed by atoms with E-state index < -0.39 is 0 Å². The van der Waals surface area contributed by atoms with Crippen molar-refractivity contribution in [1.29, 1.82) is 0 Å². The number of hydrogen-bond donors (Lipinski definition) is 0. The van der Waals surface area contributed by atoms with Gasteiger partial charge in [-0.2, -0.15) is 0 Å². The second kappa shape index (κ2) is 5.87. The molecule has 17 heavy (non-hydrogen) atoms. The van der Waals surface area contributed by atoms with E-state index in [1.54, 1.807) is 23.9 Å². The molecule has 0 aliphatic carbocycles. The molecule has 0 spiro atoms. The highest BCUT2D eigenvalue weighted by atomic mass is 35.5. The fourth-order valence-electron chi connectivity index (χ4n) is 1.26. The highest BCUT2D eigenvalue weighted by molar-refractivity contribution is 8.01. The molecule has 88 valence electrons. The van der Waals surface area contributed by atoms with E-state index in [1.807, 2.05) is 12.1 Å². The van der Waals surface area contributed by atoms with Crippen LogP contribution in [0.1, 0.15) is 0 Å². The molecule has 0 atom stereocenters. The predicted molar refractivity (Wildman–Crippen MR) is 76.3 cm³/mol. The summed E-state index contributed by atoms with van der Waals surface area (Å²) in [5.41, 5.74) is 1.67. The Morgan fingerprint density at radius 1 is 1.41 bits per heavy atom. The molecule has 0 N–H and O–H groups in total. The Hall–Kier alpha value is -0.550. The van der Waals surface area contributed by atoms with E-state index in [-0.39, 0.29) is 0 Å². The van der Waals surface area contributed by atoms with E-state index in [1.165, 1.54) is 11.5 Å². The molecule has 1 heterocycles. The lowest BCUT2D eigenvalue weighted by molar-refractivity contribution is 1.15. The van der Waals surface area contributed by atoms with E-state index in [0.717, 1.165) is 21.2 Å². The molecule has 0 saturated heterocycles. The molecular formula is C11H8Cl2N2S2. The van der Waals surface area contributed by atoms with Gasteiger partial charge in [-0.25, -0.2) is 0 Å². The molecular weight excluding hydrogens is 295 g/mol. The number of benzene rings is 1. The molecule has 0 radical (unpaired) electrons. The highest BCUT2D eigenvalue weighted by Gasteiger charge is 2.13. The van der Waals surface area contributed by atoms with Crippen LogP contribution in [0.15, 0.2) is 35.1 Å². The Balaban J connectivity index is 2.38. The molecule has 1 aromatic carbocycles. The fourth-order valence-corrected chi connectivity index (χ4v) is 3.26. The Morgan fingerprint density at radius 3 is 2.94 bits per heavy atom. The summed E-state index contributed by atoms with van der Waals surface area (Å²) >= 11 is 15.0. The molecule has 6 heteroatoms. The maximum Gasteiger partial charge on any atom is 0.121 e. The van der Waals surface area contributed by atoms with Crippen molar-refractivity contribution in [2.24, 2.45) is 0 Å². The summed E-state index contributed by atoms with van der Waals surface area (Å²) < 4.78 is 5.00. The molecule has 2 nitrogen and oxygen atoms in total. The lowest BCUT2D eigenvalue weighted by atomic mass is 10.2. The lowest BCUT2D eigenvalue weighted by Gasteiger charge is -2.03. The Labute approximate surface area is 118 Å². The second-order valence-corrected chi connectivity index (χ2v) is 6.02. The van der Waals surface area contributed by atoms with Crippen molar-refractivity contribution in [2.45, 2.75) is 4.21 Å². The SMILES string of the molecule is C=CCSc1snnc1-c1ccc(Cl)cc1Cl. The number of nitrogens with zero attached hydrogens (tertiary/aromatic N) is 2. The standard InChI is InChI=1S/C11H8Cl2N2S2/c1-2-5-16-11-10(14-15-17-11)8-4-3-7(12)6-9(8)13/h2-4,6H,1,5H2. The number of aromatic nitrogens is 2. The van der Waals surface area contributed by atoms with Gasteiger partial charge in [-0.3, -0.25) is 0 Å². The van der Waals surface area contributed by atoms with Crippen LogP contribution in [0, 0.1) is 0 Å². The summed E-state index contributed by atoms with van der Waals surface area (Å²) in [7, 11) is 0. The minimum Gasteiger partial charge on any atom is -0.137 e. The van der Waals surface area contributed by atoms with Crippen LogP contribution in [0.5, 0.6) is 0 Å². The van der Waals surface area contributed by atoms with Crippen LogP contribution >= 0.6 is 46.5 Å². The topological polar surface area (TPSA) is 25.8 Å². The summed E-state index contributed by atoms with van der Waals surface area (Å²) in [6.07, 6.45) is 1.84. The van der Waals surface area contributed by atoms with Gasteiger partial charge in [0.1, 0.15) is 9.90 Å². The van der Waals surface area contributed by atoms with Crippen LogP contribution in [0.2, 0.25) is 10.0 Å². The van der Waals surface area contributed by atoms with Gasteiger partial charge < -0.3 is 0 Å². The first-order chi connectivity index (χ1) is 8.22. The summed E-state index contributed by atoms with van der Waals surface area (Å²) in [5, 5.41) is 5.32. The van der Waals surface area contributed by atoms with Crippen LogP contribution in [-0.4, -0.2) is 15.3 Å². The normalized spacial score (nSPS) is 10.5. The molecule has 2 rings (SSSR count). The smallest absolute Gasteiger partial charge is 0.121 e. The molecule has 0 amide bonds. The van der Waals surface area contributed by atoms with E-state index in [4.69, 9.17) is 23.2 Å². The van der Waals surface area contributed by atoms with E-state index in [0.29, 0.717) is 10.0 Å². The summed E-state index contributed by atoms with van der Waals surface area (Å²) in [4.78, 5) is 0. The lowest BCUT2D eigenvalue weighted by Crippen LogP contribution is -1.83. The number of hydrogen-bond acceptors (Lipinski definition) is 4. The molecule has 0 saturated carbocycles. The first-order valence-corrected chi connectivity index (χ1v) is 7.25. The van der Waals surface area contributed by atoms with Crippen molar-refractivity contribution in [3.63, 3.8) is 0 Å². The summed E-state index contributed by atoms with van der Waals surface area (Å²) in [5.74, 6) is 0.822. The number of rotatable bonds is 4. The van der Waals surface area contributed by atoms with Crippen molar-refractivity contribution >= 4 is 46.5 Å². The van der Waals surface area contributed by atoms with Crippen LogP contribution < -0.4 is 0 Å². The zero-order valence-corrected chi connectivity index (χ0v) is 11.8. The zero-order valence-electron chi connectivity index (χ0n) is 8.69. The van der Waals surface area contributed by atoms with Crippen molar-refractivity contribution in [1.82, 2.24) is 9.59 Å². The molecule has 0 unspecified atom stereocenters. The second-order valence-electron chi connectivity index (χ2n) is 3.13. The van der Waals surface area contributed by atoms with Crippen LogP contribution in [0.4, 0.5) is 0 Å². The third kappa shape index (κ3) is 3.01. The minimum atomic E-state index is 0.589. The van der Waals surface area contributed by atoms with Gasteiger partial charge in [0.05, 0.1) is 5.02 Å². The molecule has 2 aromatic rings. The molecule has 0 fully saturated rings. The Kier molecular flexibility index (Phi) is 4.45. The largest absolute Gasteiger partial charge is 0.137 e. The van der Waals surface area contributed by atoms with Crippen LogP contribution in [0.25, 0.3) is 11.3 Å². The first-order valence-electron chi connectivity index (χ1n) is 4.74. The zero-order chi connectivity index (χ0) is 12.3. The van der Waals surface area contributed by atoms with Crippen molar-refractivity contribution in [3.05, 3.63) is 40.9 Å². The maximum absolute atomic E-state index is 6.15. The average Bonchev–Trinajstić information content (AvgIpc) is 2.74. The Bertz CT molecular complexity index is 540. The predicted octanol–water partition coefficient (Wildman–Crippen LogP) is 4.79. The molecule has 0 aliphatic rings. The van der Waals surface area contributed by atoms with Gasteiger partial charge >= 0.3 is 0 Å². The average molecular weight is 303 g/mol.